The van der Waals surface area contributed by atoms with Crippen LogP contribution in [-0.2, 0) is 0 Å². The molecule has 0 aliphatic carbocycles. The quantitative estimate of drug-likeness (QED) is 0.581. The first kappa shape index (κ1) is 13.4. The molecule has 0 saturated carbocycles. The summed E-state index contributed by atoms with van der Waals surface area (Å²) in [6, 6.07) is 0. The number of hydrogen-bond acceptors (Lipinski definition) is 1. The van der Waals surface area contributed by atoms with E-state index in [1.165, 1.54) is 25.0 Å². The molecule has 0 aromatic carbocycles. The van der Waals surface area contributed by atoms with Gasteiger partial charge in [0.15, 0.2) is 0 Å². The summed E-state index contributed by atoms with van der Waals surface area (Å²) < 4.78 is 0.452. The normalized spacial score (nSPS) is 13.4. The van der Waals surface area contributed by atoms with Crippen LogP contribution in [0.15, 0.2) is 0 Å². The average molecular weight is 202 g/mol. The zero-order valence-electron chi connectivity index (χ0n) is 10.2. The molecule has 0 aliphatic heterocycles. The lowest BCUT2D eigenvalue weighted by molar-refractivity contribution is 0.339. The number of hydrogen-bond donors (Lipinski definition) is 0. The van der Waals surface area contributed by atoms with E-state index < -0.39 is 0 Å². The number of unbranched alkanes of at least 4 members (excludes halogenated alkanes) is 1. The number of thioether (sulfide) groups is 1. The summed E-state index contributed by atoms with van der Waals surface area (Å²) >= 11 is 2.13. The van der Waals surface area contributed by atoms with Crippen molar-refractivity contribution in [3.63, 3.8) is 0 Å². The van der Waals surface area contributed by atoms with Gasteiger partial charge >= 0.3 is 0 Å². The van der Waals surface area contributed by atoms with E-state index in [4.69, 9.17) is 0 Å². The first-order valence-corrected chi connectivity index (χ1v) is 6.39. The summed E-state index contributed by atoms with van der Waals surface area (Å²) in [4.78, 5) is 0. The van der Waals surface area contributed by atoms with Gasteiger partial charge in [-0.2, -0.15) is 11.8 Å². The second-order valence-electron chi connectivity index (χ2n) is 5.70. The molecular formula is C12H26S. The van der Waals surface area contributed by atoms with E-state index in [9.17, 15) is 0 Å². The third-order valence-corrected chi connectivity index (χ3v) is 3.37. The van der Waals surface area contributed by atoms with E-state index in [0.717, 1.165) is 0 Å². The molecule has 0 saturated heterocycles. The molecule has 0 fully saturated rings. The van der Waals surface area contributed by atoms with E-state index in [1.807, 2.05) is 0 Å². The van der Waals surface area contributed by atoms with Crippen LogP contribution in [0.4, 0.5) is 0 Å². The summed E-state index contributed by atoms with van der Waals surface area (Å²) in [5.74, 6) is 1.32. The minimum atomic E-state index is 0.452. The SMILES string of the molecule is CCCCSC(C)(C)CC(C)(C)C. The molecule has 0 nitrogen and oxygen atoms in total. The predicted octanol–water partition coefficient (Wildman–Crippen LogP) is 4.73. The Hall–Kier alpha value is 0.350. The zero-order chi connectivity index (χ0) is 10.5. The fraction of sp³-hybridized carbons (Fsp3) is 1.00. The van der Waals surface area contributed by atoms with Crippen LogP contribution < -0.4 is 0 Å². The average Bonchev–Trinajstić information content (AvgIpc) is 1.81. The minimum absolute atomic E-state index is 0.452. The van der Waals surface area contributed by atoms with Crippen molar-refractivity contribution in [2.24, 2.45) is 5.41 Å². The summed E-state index contributed by atoms with van der Waals surface area (Å²) in [7, 11) is 0. The van der Waals surface area contributed by atoms with E-state index >= 15 is 0 Å². The van der Waals surface area contributed by atoms with Crippen molar-refractivity contribution in [3.8, 4) is 0 Å². The second-order valence-corrected chi connectivity index (χ2v) is 7.50. The Labute approximate surface area is 88.9 Å². The summed E-state index contributed by atoms with van der Waals surface area (Å²) in [5, 5.41) is 0. The van der Waals surface area contributed by atoms with Crippen LogP contribution in [0.3, 0.4) is 0 Å². The molecule has 0 aromatic heterocycles. The Bertz CT molecular complexity index is 131. The van der Waals surface area contributed by atoms with Crippen LogP contribution in [0, 0.1) is 5.41 Å². The molecule has 0 bridgehead atoms. The molecule has 0 amide bonds. The summed E-state index contributed by atoms with van der Waals surface area (Å²) in [6.07, 6.45) is 3.98. The fourth-order valence-corrected chi connectivity index (χ4v) is 3.34. The maximum Gasteiger partial charge on any atom is 0.0108 e. The van der Waals surface area contributed by atoms with Crippen molar-refractivity contribution >= 4 is 11.8 Å². The summed E-state index contributed by atoms with van der Waals surface area (Å²) in [5.41, 5.74) is 0.461. The smallest absolute Gasteiger partial charge is 0.0108 e. The molecule has 80 valence electrons. The molecule has 0 aliphatic rings. The molecule has 0 aromatic rings. The molecule has 0 rings (SSSR count). The van der Waals surface area contributed by atoms with Gasteiger partial charge in [0, 0.05) is 4.75 Å². The molecule has 0 heterocycles. The van der Waals surface area contributed by atoms with Gasteiger partial charge in [-0.05, 0) is 24.0 Å². The van der Waals surface area contributed by atoms with Crippen molar-refractivity contribution in [2.75, 3.05) is 5.75 Å². The topological polar surface area (TPSA) is 0 Å². The third kappa shape index (κ3) is 8.67. The van der Waals surface area contributed by atoms with E-state index in [0.29, 0.717) is 10.2 Å². The summed E-state index contributed by atoms with van der Waals surface area (Å²) in [6.45, 7) is 14.0. The molecule has 0 unspecified atom stereocenters. The van der Waals surface area contributed by atoms with Crippen molar-refractivity contribution in [3.05, 3.63) is 0 Å². The molecule has 13 heavy (non-hydrogen) atoms. The lowest BCUT2D eigenvalue weighted by Gasteiger charge is -2.31. The van der Waals surface area contributed by atoms with Gasteiger partial charge < -0.3 is 0 Å². The largest absolute Gasteiger partial charge is 0.156 e. The maximum atomic E-state index is 2.37. The highest BCUT2D eigenvalue weighted by molar-refractivity contribution is 8.00. The van der Waals surface area contributed by atoms with Crippen LogP contribution in [0.2, 0.25) is 0 Å². The van der Waals surface area contributed by atoms with Gasteiger partial charge in [0.1, 0.15) is 0 Å². The Morgan fingerprint density at radius 1 is 1.00 bits per heavy atom. The van der Waals surface area contributed by atoms with Crippen LogP contribution in [0.1, 0.15) is 60.8 Å². The lowest BCUT2D eigenvalue weighted by atomic mass is 9.86. The highest BCUT2D eigenvalue weighted by Gasteiger charge is 2.25. The van der Waals surface area contributed by atoms with Gasteiger partial charge in [0.25, 0.3) is 0 Å². The molecule has 1 heteroatoms. The minimum Gasteiger partial charge on any atom is -0.156 e. The van der Waals surface area contributed by atoms with Gasteiger partial charge in [-0.15, -0.1) is 0 Å². The molecule has 0 spiro atoms. The van der Waals surface area contributed by atoms with E-state index in [2.05, 4.69) is 53.3 Å². The van der Waals surface area contributed by atoms with Crippen LogP contribution in [-0.4, -0.2) is 10.5 Å². The van der Waals surface area contributed by atoms with E-state index in [-0.39, 0.29) is 0 Å². The molecular weight excluding hydrogens is 176 g/mol. The van der Waals surface area contributed by atoms with Crippen LogP contribution in [0.5, 0.6) is 0 Å². The first-order valence-electron chi connectivity index (χ1n) is 5.41. The lowest BCUT2D eigenvalue weighted by Crippen LogP contribution is -2.23. The monoisotopic (exact) mass is 202 g/mol. The zero-order valence-corrected chi connectivity index (χ0v) is 11.1. The van der Waals surface area contributed by atoms with Crippen LogP contribution >= 0.6 is 11.8 Å². The van der Waals surface area contributed by atoms with Crippen molar-refractivity contribution in [1.29, 1.82) is 0 Å². The van der Waals surface area contributed by atoms with Gasteiger partial charge in [-0.1, -0.05) is 48.0 Å². The van der Waals surface area contributed by atoms with Gasteiger partial charge in [-0.25, -0.2) is 0 Å². The van der Waals surface area contributed by atoms with Crippen molar-refractivity contribution < 1.29 is 0 Å². The molecule has 0 radical (unpaired) electrons. The third-order valence-electron chi connectivity index (χ3n) is 1.95. The fourth-order valence-electron chi connectivity index (χ4n) is 1.82. The van der Waals surface area contributed by atoms with E-state index in [1.54, 1.807) is 0 Å². The number of rotatable bonds is 5. The maximum absolute atomic E-state index is 2.37. The second kappa shape index (κ2) is 5.29. The van der Waals surface area contributed by atoms with Gasteiger partial charge in [0.2, 0.25) is 0 Å². The first-order chi connectivity index (χ1) is 5.77. The Balaban J connectivity index is 3.80. The Morgan fingerprint density at radius 2 is 1.54 bits per heavy atom. The van der Waals surface area contributed by atoms with Gasteiger partial charge in [0.05, 0.1) is 0 Å². The predicted molar refractivity (Wildman–Crippen MR) is 65.5 cm³/mol. The highest BCUT2D eigenvalue weighted by atomic mass is 32.2. The van der Waals surface area contributed by atoms with Crippen molar-refractivity contribution in [2.45, 2.75) is 65.6 Å². The van der Waals surface area contributed by atoms with Gasteiger partial charge in [-0.3, -0.25) is 0 Å². The Kier molecular flexibility index (Phi) is 5.43. The van der Waals surface area contributed by atoms with Crippen LogP contribution in [0.25, 0.3) is 0 Å². The molecule has 0 N–H and O–H groups in total. The van der Waals surface area contributed by atoms with Crippen molar-refractivity contribution in [1.82, 2.24) is 0 Å². The molecule has 0 atom stereocenters. The Morgan fingerprint density at radius 3 is 1.92 bits per heavy atom. The standard InChI is InChI=1S/C12H26S/c1-7-8-9-13-12(5,6)10-11(2,3)4/h7-10H2,1-6H3. The highest BCUT2D eigenvalue weighted by Crippen LogP contribution is 2.36.